The molecule has 0 fully saturated rings. The van der Waals surface area contributed by atoms with Crippen LogP contribution in [0.5, 0.6) is 0 Å². The molecule has 1 atom stereocenters. The summed E-state index contributed by atoms with van der Waals surface area (Å²) >= 11 is 5.86. The van der Waals surface area contributed by atoms with E-state index >= 15 is 0 Å². The van der Waals surface area contributed by atoms with Gasteiger partial charge < -0.3 is 5.11 Å². The van der Waals surface area contributed by atoms with Crippen molar-refractivity contribution >= 4 is 17.6 Å². The molecule has 0 aromatic heterocycles. The molecule has 3 heteroatoms. The van der Waals surface area contributed by atoms with Gasteiger partial charge in [0.1, 0.15) is 0 Å². The minimum absolute atomic E-state index is 0.426. The topological polar surface area (TPSA) is 37.3 Å². The molecule has 0 radical (unpaired) electrons. The number of carbonyl (C=O) groups is 1. The minimum Gasteiger partial charge on any atom is -0.481 e. The monoisotopic (exact) mass is 240 g/mol. The zero-order valence-electron chi connectivity index (χ0n) is 9.45. The van der Waals surface area contributed by atoms with Gasteiger partial charge in [-0.25, -0.2) is 0 Å². The van der Waals surface area contributed by atoms with E-state index in [0.717, 1.165) is 24.8 Å². The van der Waals surface area contributed by atoms with Gasteiger partial charge in [0, 0.05) is 5.02 Å². The average molecular weight is 241 g/mol. The second-order valence-corrected chi connectivity index (χ2v) is 4.38. The van der Waals surface area contributed by atoms with E-state index in [1.165, 1.54) is 0 Å². The molecule has 0 bridgehead atoms. The molecular formula is C13H17ClO2. The lowest BCUT2D eigenvalue weighted by atomic mass is 9.93. The molecule has 1 N–H and O–H groups in total. The van der Waals surface area contributed by atoms with Crippen LogP contribution in [0, 0.1) is 0 Å². The van der Waals surface area contributed by atoms with Gasteiger partial charge in [-0.05, 0) is 24.1 Å². The number of rotatable bonds is 6. The summed E-state index contributed by atoms with van der Waals surface area (Å²) in [6.07, 6.45) is 3.80. The first-order valence-corrected chi connectivity index (χ1v) is 6.01. The van der Waals surface area contributed by atoms with Crippen molar-refractivity contribution in [3.8, 4) is 0 Å². The third-order valence-corrected chi connectivity index (χ3v) is 2.88. The number of halogens is 1. The molecule has 0 spiro atoms. The zero-order chi connectivity index (χ0) is 12.0. The molecule has 0 aliphatic rings. The fraction of sp³-hybridized carbons (Fsp3) is 0.462. The molecule has 16 heavy (non-hydrogen) atoms. The van der Waals surface area contributed by atoms with E-state index in [1.807, 2.05) is 6.07 Å². The van der Waals surface area contributed by atoms with Crippen molar-refractivity contribution in [3.05, 3.63) is 34.9 Å². The van der Waals surface area contributed by atoms with E-state index in [4.69, 9.17) is 11.6 Å². The number of aliphatic carboxylic acids is 1. The summed E-state index contributed by atoms with van der Waals surface area (Å²) in [5.74, 6) is -1.19. The Morgan fingerprint density at radius 3 is 2.75 bits per heavy atom. The first kappa shape index (κ1) is 13.0. The summed E-state index contributed by atoms with van der Waals surface area (Å²) in [6, 6.07) is 7.13. The van der Waals surface area contributed by atoms with E-state index in [0.29, 0.717) is 11.4 Å². The zero-order valence-corrected chi connectivity index (χ0v) is 10.2. The van der Waals surface area contributed by atoms with Gasteiger partial charge in [-0.2, -0.15) is 0 Å². The van der Waals surface area contributed by atoms with Crippen LogP contribution in [0.15, 0.2) is 24.3 Å². The number of hydrogen-bond donors (Lipinski definition) is 1. The molecule has 1 rings (SSSR count). The fourth-order valence-electron chi connectivity index (χ4n) is 1.75. The van der Waals surface area contributed by atoms with Crippen LogP contribution >= 0.6 is 11.6 Å². The van der Waals surface area contributed by atoms with E-state index in [9.17, 15) is 9.90 Å². The van der Waals surface area contributed by atoms with Crippen LogP contribution in [0.1, 0.15) is 44.1 Å². The Kier molecular flexibility index (Phi) is 5.33. The molecular weight excluding hydrogens is 224 g/mol. The normalized spacial score (nSPS) is 12.4. The predicted octanol–water partition coefficient (Wildman–Crippen LogP) is 4.09. The second kappa shape index (κ2) is 6.54. The number of carboxylic acid groups (broad SMARTS) is 1. The van der Waals surface area contributed by atoms with Crippen LogP contribution in [0.3, 0.4) is 0 Å². The van der Waals surface area contributed by atoms with Crippen LogP contribution in [-0.4, -0.2) is 11.1 Å². The molecule has 0 aliphatic carbocycles. The van der Waals surface area contributed by atoms with Crippen molar-refractivity contribution in [2.45, 2.75) is 38.5 Å². The largest absolute Gasteiger partial charge is 0.481 e. The Hall–Kier alpha value is -1.02. The second-order valence-electron chi connectivity index (χ2n) is 3.94. The molecule has 2 nitrogen and oxygen atoms in total. The average Bonchev–Trinajstić information content (AvgIpc) is 2.24. The van der Waals surface area contributed by atoms with Crippen molar-refractivity contribution in [2.24, 2.45) is 0 Å². The highest BCUT2D eigenvalue weighted by Gasteiger charge is 2.19. The summed E-state index contributed by atoms with van der Waals surface area (Å²) in [7, 11) is 0. The fourth-order valence-corrected chi connectivity index (χ4v) is 1.95. The SMILES string of the molecule is CCCCCC(C(=O)O)c1cccc(Cl)c1. The van der Waals surface area contributed by atoms with Gasteiger partial charge in [0.15, 0.2) is 0 Å². The van der Waals surface area contributed by atoms with Crippen molar-refractivity contribution in [3.63, 3.8) is 0 Å². The molecule has 0 saturated heterocycles. The van der Waals surface area contributed by atoms with Gasteiger partial charge in [0.05, 0.1) is 5.92 Å². The van der Waals surface area contributed by atoms with Crippen LogP contribution in [-0.2, 0) is 4.79 Å². The smallest absolute Gasteiger partial charge is 0.310 e. The first-order valence-electron chi connectivity index (χ1n) is 5.63. The predicted molar refractivity (Wildman–Crippen MR) is 66.0 cm³/mol. The first-order chi connectivity index (χ1) is 7.65. The van der Waals surface area contributed by atoms with Crippen molar-refractivity contribution in [2.75, 3.05) is 0 Å². The lowest BCUT2D eigenvalue weighted by molar-refractivity contribution is -0.139. The van der Waals surface area contributed by atoms with E-state index in [1.54, 1.807) is 18.2 Å². The van der Waals surface area contributed by atoms with Gasteiger partial charge in [-0.3, -0.25) is 4.79 Å². The van der Waals surface area contributed by atoms with E-state index in [2.05, 4.69) is 6.92 Å². The molecule has 1 aromatic rings. The van der Waals surface area contributed by atoms with E-state index < -0.39 is 11.9 Å². The Morgan fingerprint density at radius 2 is 2.19 bits per heavy atom. The summed E-state index contributed by atoms with van der Waals surface area (Å²) in [5.41, 5.74) is 0.802. The Bertz CT molecular complexity index is 350. The molecule has 1 aromatic carbocycles. The van der Waals surface area contributed by atoms with Crippen LogP contribution in [0.2, 0.25) is 5.02 Å². The van der Waals surface area contributed by atoms with Crippen molar-refractivity contribution in [1.82, 2.24) is 0 Å². The third kappa shape index (κ3) is 3.86. The maximum absolute atomic E-state index is 11.2. The van der Waals surface area contributed by atoms with Crippen molar-refractivity contribution < 1.29 is 9.90 Å². The van der Waals surface area contributed by atoms with Gasteiger partial charge in [-0.1, -0.05) is 49.9 Å². The highest BCUT2D eigenvalue weighted by atomic mass is 35.5. The van der Waals surface area contributed by atoms with Gasteiger partial charge >= 0.3 is 5.97 Å². The molecule has 88 valence electrons. The Morgan fingerprint density at radius 1 is 1.44 bits per heavy atom. The lowest BCUT2D eigenvalue weighted by Gasteiger charge is -2.12. The number of benzene rings is 1. The maximum Gasteiger partial charge on any atom is 0.310 e. The molecule has 0 saturated carbocycles. The van der Waals surface area contributed by atoms with Gasteiger partial charge in [0.25, 0.3) is 0 Å². The lowest BCUT2D eigenvalue weighted by Crippen LogP contribution is -2.11. The summed E-state index contributed by atoms with van der Waals surface area (Å²) in [6.45, 7) is 2.11. The number of unbranched alkanes of at least 4 members (excludes halogenated alkanes) is 2. The molecule has 0 amide bonds. The maximum atomic E-state index is 11.2. The number of carboxylic acids is 1. The summed E-state index contributed by atoms with van der Waals surface area (Å²) < 4.78 is 0. The molecule has 1 unspecified atom stereocenters. The molecule has 0 heterocycles. The third-order valence-electron chi connectivity index (χ3n) is 2.65. The van der Waals surface area contributed by atoms with Crippen LogP contribution < -0.4 is 0 Å². The van der Waals surface area contributed by atoms with Gasteiger partial charge in [0.2, 0.25) is 0 Å². The highest BCUT2D eigenvalue weighted by molar-refractivity contribution is 6.30. The minimum atomic E-state index is -0.765. The number of hydrogen-bond acceptors (Lipinski definition) is 1. The van der Waals surface area contributed by atoms with Crippen LogP contribution in [0.4, 0.5) is 0 Å². The van der Waals surface area contributed by atoms with E-state index in [-0.39, 0.29) is 0 Å². The summed E-state index contributed by atoms with van der Waals surface area (Å²) in [4.78, 5) is 11.2. The summed E-state index contributed by atoms with van der Waals surface area (Å²) in [5, 5.41) is 9.77. The van der Waals surface area contributed by atoms with Gasteiger partial charge in [-0.15, -0.1) is 0 Å². The Labute approximate surface area is 101 Å². The standard InChI is InChI=1S/C13H17ClO2/c1-2-3-4-8-12(13(15)16)10-6-5-7-11(14)9-10/h5-7,9,12H,2-4,8H2,1H3,(H,15,16). The van der Waals surface area contributed by atoms with Crippen molar-refractivity contribution in [1.29, 1.82) is 0 Å². The van der Waals surface area contributed by atoms with Crippen LogP contribution in [0.25, 0.3) is 0 Å². The Balaban J connectivity index is 2.73. The quantitative estimate of drug-likeness (QED) is 0.761. The highest BCUT2D eigenvalue weighted by Crippen LogP contribution is 2.25. The molecule has 0 aliphatic heterocycles.